The number of aliphatic hydroxyl groups is 3. The van der Waals surface area contributed by atoms with Gasteiger partial charge in [-0.05, 0) is 26.7 Å². The highest BCUT2D eigenvalue weighted by Crippen LogP contribution is 2.70. The topological polar surface area (TPSA) is 113 Å². The van der Waals surface area contributed by atoms with Gasteiger partial charge in [-0.15, -0.1) is 0 Å². The van der Waals surface area contributed by atoms with Gasteiger partial charge in [0.1, 0.15) is 12.2 Å². The molecule has 0 heterocycles. The first-order valence-electron chi connectivity index (χ1n) is 8.47. The van der Waals surface area contributed by atoms with Crippen LogP contribution in [0.4, 0.5) is 0 Å². The number of Topliss-reactive ketones (excluding diaryl/α,β-unsaturated/α-hetero) is 1. The third-order valence-electron chi connectivity index (χ3n) is 6.88. The predicted molar refractivity (Wildman–Crippen MR) is 86.5 cm³/mol. The van der Waals surface area contributed by atoms with Crippen molar-refractivity contribution in [1.82, 2.24) is 0 Å². The van der Waals surface area contributed by atoms with Crippen LogP contribution >= 0.6 is 0 Å². The van der Waals surface area contributed by atoms with E-state index in [0.717, 1.165) is 0 Å². The van der Waals surface area contributed by atoms with E-state index in [1.54, 1.807) is 13.8 Å². The fraction of sp³-hybridized carbons (Fsp3) is 0.778. The Morgan fingerprint density at radius 1 is 1.20 bits per heavy atom. The molecule has 7 heteroatoms. The van der Waals surface area contributed by atoms with Crippen molar-refractivity contribution in [2.75, 3.05) is 13.7 Å². The van der Waals surface area contributed by atoms with Gasteiger partial charge in [-0.1, -0.05) is 6.92 Å². The molecule has 0 aromatic carbocycles. The molecule has 1 saturated carbocycles. The number of ketones is 1. The quantitative estimate of drug-likeness (QED) is 0.616. The molecule has 5 atom stereocenters. The maximum absolute atomic E-state index is 13.0. The fourth-order valence-corrected chi connectivity index (χ4v) is 4.88. The van der Waals surface area contributed by atoms with Crippen LogP contribution in [0.3, 0.4) is 0 Å². The van der Waals surface area contributed by atoms with Gasteiger partial charge in [-0.3, -0.25) is 9.59 Å². The minimum Gasteiger partial charge on any atom is -0.465 e. The van der Waals surface area contributed by atoms with Crippen molar-refractivity contribution in [3.8, 4) is 0 Å². The zero-order valence-corrected chi connectivity index (χ0v) is 15.3. The molecule has 0 saturated heterocycles. The number of ether oxygens (including phenoxy) is 2. The first-order chi connectivity index (χ1) is 11.4. The van der Waals surface area contributed by atoms with Crippen LogP contribution in [0.5, 0.6) is 0 Å². The lowest BCUT2D eigenvalue weighted by Crippen LogP contribution is -2.62. The number of rotatable bonds is 3. The second kappa shape index (κ2) is 5.13. The molecule has 0 aromatic heterocycles. The van der Waals surface area contributed by atoms with Crippen LogP contribution in [-0.4, -0.2) is 64.2 Å². The van der Waals surface area contributed by atoms with E-state index in [0.29, 0.717) is 18.4 Å². The van der Waals surface area contributed by atoms with Crippen molar-refractivity contribution in [2.24, 2.45) is 10.8 Å². The van der Waals surface area contributed by atoms with E-state index in [9.17, 15) is 24.9 Å². The van der Waals surface area contributed by atoms with E-state index >= 15 is 0 Å². The zero-order chi connectivity index (χ0) is 19.0. The number of methoxy groups -OCH3 is 1. The van der Waals surface area contributed by atoms with Crippen LogP contribution in [0.1, 0.15) is 40.5 Å². The second-order valence-electron chi connectivity index (χ2n) is 8.14. The van der Waals surface area contributed by atoms with Gasteiger partial charge in [0.05, 0.1) is 23.2 Å². The molecular formula is C18H26O7. The summed E-state index contributed by atoms with van der Waals surface area (Å²) in [4.78, 5) is 24.2. The summed E-state index contributed by atoms with van der Waals surface area (Å²) in [5.74, 6) is -1.13. The third-order valence-corrected chi connectivity index (χ3v) is 6.88. The molecule has 3 rings (SSSR count). The van der Waals surface area contributed by atoms with Gasteiger partial charge in [-0.25, -0.2) is 0 Å². The highest BCUT2D eigenvalue weighted by Gasteiger charge is 2.77. The minimum absolute atomic E-state index is 0.0194. The normalized spacial score (nSPS) is 44.9. The molecule has 3 aliphatic carbocycles. The van der Waals surface area contributed by atoms with E-state index in [-0.39, 0.29) is 12.2 Å². The Balaban J connectivity index is 2.15. The van der Waals surface area contributed by atoms with E-state index in [2.05, 4.69) is 0 Å². The van der Waals surface area contributed by atoms with Crippen LogP contribution in [0.15, 0.2) is 11.1 Å². The second-order valence-corrected chi connectivity index (χ2v) is 8.14. The summed E-state index contributed by atoms with van der Waals surface area (Å²) < 4.78 is 10.8. The van der Waals surface area contributed by atoms with Gasteiger partial charge in [0.2, 0.25) is 0 Å². The maximum atomic E-state index is 13.0. The summed E-state index contributed by atoms with van der Waals surface area (Å²) in [7, 11) is 1.47. The van der Waals surface area contributed by atoms with Gasteiger partial charge < -0.3 is 24.8 Å². The van der Waals surface area contributed by atoms with Crippen molar-refractivity contribution < 1.29 is 34.4 Å². The molecule has 1 spiro atoms. The van der Waals surface area contributed by atoms with Gasteiger partial charge in [0.15, 0.2) is 5.78 Å². The Morgan fingerprint density at radius 2 is 1.76 bits per heavy atom. The van der Waals surface area contributed by atoms with Crippen LogP contribution in [-0.2, 0) is 19.1 Å². The van der Waals surface area contributed by atoms with E-state index in [4.69, 9.17) is 9.47 Å². The Kier molecular flexibility index (Phi) is 3.80. The number of carbonyl (C=O) groups is 2. The molecule has 140 valence electrons. The predicted octanol–water partition coefficient (Wildman–Crippen LogP) is 0.107. The fourth-order valence-electron chi connectivity index (χ4n) is 4.88. The Hall–Kier alpha value is -1.28. The molecule has 0 amide bonds. The summed E-state index contributed by atoms with van der Waals surface area (Å²) in [6.07, 6.45) is -1.45. The highest BCUT2D eigenvalue weighted by atomic mass is 16.5. The van der Waals surface area contributed by atoms with Crippen molar-refractivity contribution in [3.63, 3.8) is 0 Å². The van der Waals surface area contributed by atoms with Gasteiger partial charge in [0, 0.05) is 30.6 Å². The minimum atomic E-state index is -1.70. The third kappa shape index (κ3) is 1.95. The summed E-state index contributed by atoms with van der Waals surface area (Å²) in [6, 6.07) is 0. The lowest BCUT2D eigenvalue weighted by molar-refractivity contribution is -0.165. The van der Waals surface area contributed by atoms with Crippen LogP contribution in [0.2, 0.25) is 0 Å². The molecular weight excluding hydrogens is 328 g/mol. The molecule has 3 aliphatic rings. The summed E-state index contributed by atoms with van der Waals surface area (Å²) in [6.45, 7) is 5.73. The largest absolute Gasteiger partial charge is 0.465 e. The molecule has 1 fully saturated rings. The first kappa shape index (κ1) is 18.5. The van der Waals surface area contributed by atoms with Crippen molar-refractivity contribution in [1.29, 1.82) is 0 Å². The smallest absolute Gasteiger partial charge is 0.302 e. The highest BCUT2D eigenvalue weighted by molar-refractivity contribution is 6.07. The lowest BCUT2D eigenvalue weighted by Gasteiger charge is -2.50. The summed E-state index contributed by atoms with van der Waals surface area (Å²) in [5.41, 5.74) is -4.65. The van der Waals surface area contributed by atoms with Crippen molar-refractivity contribution >= 4 is 11.8 Å². The first-order valence-corrected chi connectivity index (χ1v) is 8.47. The average molecular weight is 354 g/mol. The van der Waals surface area contributed by atoms with Gasteiger partial charge in [-0.2, -0.15) is 0 Å². The summed E-state index contributed by atoms with van der Waals surface area (Å²) in [5, 5.41) is 32.9. The van der Waals surface area contributed by atoms with E-state index < -0.39 is 46.0 Å². The molecule has 0 radical (unpaired) electrons. The average Bonchev–Trinajstić information content (AvgIpc) is 3.33. The molecule has 0 aromatic rings. The van der Waals surface area contributed by atoms with Gasteiger partial charge >= 0.3 is 5.97 Å². The monoisotopic (exact) mass is 354 g/mol. The Labute approximate surface area is 146 Å². The number of hydrogen-bond donors (Lipinski definition) is 3. The maximum Gasteiger partial charge on any atom is 0.302 e. The van der Waals surface area contributed by atoms with Crippen molar-refractivity contribution in [2.45, 2.75) is 63.9 Å². The Bertz CT molecular complexity index is 675. The Morgan fingerprint density at radius 3 is 2.20 bits per heavy atom. The van der Waals surface area contributed by atoms with Crippen LogP contribution < -0.4 is 0 Å². The molecule has 3 N–H and O–H groups in total. The molecule has 0 bridgehead atoms. The SMILES string of the molecule is COC1(C)C2=C(C(=O)C(C)(O)C13CC3)C(O)C(C)(COC(C)=O)C2O. The number of aliphatic hydroxyl groups excluding tert-OH is 2. The number of hydrogen-bond acceptors (Lipinski definition) is 7. The standard InChI is InChI=1S/C18H26O7/c1-9(19)25-8-15(2)12(20)10-11(14(15)22)17(4,24-5)18(6-7-18)16(3,23)13(10)21/h12,14,20,22-23H,6-8H2,1-5H3. The van der Waals surface area contributed by atoms with Gasteiger partial charge in [0.25, 0.3) is 0 Å². The molecule has 25 heavy (non-hydrogen) atoms. The van der Waals surface area contributed by atoms with E-state index in [1.165, 1.54) is 21.0 Å². The molecule has 0 aliphatic heterocycles. The zero-order valence-electron chi connectivity index (χ0n) is 15.3. The number of carbonyl (C=O) groups excluding carboxylic acids is 2. The van der Waals surface area contributed by atoms with Crippen molar-refractivity contribution in [3.05, 3.63) is 11.1 Å². The lowest BCUT2D eigenvalue weighted by atomic mass is 9.61. The van der Waals surface area contributed by atoms with Crippen LogP contribution in [0, 0.1) is 10.8 Å². The molecule has 7 nitrogen and oxygen atoms in total. The summed E-state index contributed by atoms with van der Waals surface area (Å²) >= 11 is 0. The molecule has 5 unspecified atom stereocenters. The number of esters is 1. The van der Waals surface area contributed by atoms with Crippen LogP contribution in [0.25, 0.3) is 0 Å². The van der Waals surface area contributed by atoms with E-state index in [1.807, 2.05) is 0 Å².